The molecule has 1 heterocycles. The number of nitrogens with zero attached hydrogens (tertiary/aromatic N) is 2. The van der Waals surface area contributed by atoms with Gasteiger partial charge in [-0.1, -0.05) is 29.8 Å². The van der Waals surface area contributed by atoms with Gasteiger partial charge in [0.15, 0.2) is 0 Å². The average molecular weight is 305 g/mol. The number of pyridine rings is 1. The number of aliphatic hydroxyl groups is 1. The number of hydrogen-bond acceptors (Lipinski definition) is 3. The van der Waals surface area contributed by atoms with Crippen LogP contribution in [-0.2, 0) is 0 Å². The first-order chi connectivity index (χ1) is 10.0. The van der Waals surface area contributed by atoms with Gasteiger partial charge in [-0.05, 0) is 30.9 Å². The fourth-order valence-corrected chi connectivity index (χ4v) is 3.05. The second-order valence-electron chi connectivity index (χ2n) is 5.69. The highest BCUT2D eigenvalue weighted by Gasteiger charge is 2.29. The van der Waals surface area contributed by atoms with Crippen molar-refractivity contribution in [3.8, 4) is 0 Å². The van der Waals surface area contributed by atoms with Crippen LogP contribution in [0.3, 0.4) is 0 Å². The van der Waals surface area contributed by atoms with Crippen LogP contribution in [0.25, 0.3) is 10.9 Å². The van der Waals surface area contributed by atoms with Crippen LogP contribution >= 0.6 is 11.6 Å². The molecule has 1 fully saturated rings. The highest BCUT2D eigenvalue weighted by atomic mass is 35.5. The Labute approximate surface area is 128 Å². The maximum absolute atomic E-state index is 12.6. The molecular formula is C16H17ClN2O2. The van der Waals surface area contributed by atoms with Crippen LogP contribution in [0.1, 0.15) is 23.2 Å². The largest absolute Gasteiger partial charge is 0.393 e. The molecule has 4 nitrogen and oxygen atoms in total. The minimum absolute atomic E-state index is 0.0584. The van der Waals surface area contributed by atoms with Gasteiger partial charge in [-0.3, -0.25) is 4.79 Å². The van der Waals surface area contributed by atoms with E-state index in [1.165, 1.54) is 0 Å². The molecule has 3 rings (SSSR count). The first-order valence-electron chi connectivity index (χ1n) is 7.03. The molecule has 0 saturated heterocycles. The second kappa shape index (κ2) is 5.62. The van der Waals surface area contributed by atoms with Gasteiger partial charge >= 0.3 is 0 Å². The van der Waals surface area contributed by atoms with Gasteiger partial charge in [-0.15, -0.1) is 0 Å². The molecule has 0 spiro atoms. The molecular weight excluding hydrogens is 288 g/mol. The predicted octanol–water partition coefficient (Wildman–Crippen LogP) is 2.73. The quantitative estimate of drug-likeness (QED) is 0.887. The van der Waals surface area contributed by atoms with Crippen molar-refractivity contribution in [2.24, 2.45) is 5.92 Å². The number of carbonyl (C=O) groups excluding carboxylic acids is 1. The molecule has 1 aromatic heterocycles. The maximum Gasteiger partial charge on any atom is 0.254 e. The first kappa shape index (κ1) is 14.3. The topological polar surface area (TPSA) is 53.4 Å². The molecule has 1 saturated carbocycles. The van der Waals surface area contributed by atoms with E-state index in [4.69, 9.17) is 11.6 Å². The Hall–Kier alpha value is -1.65. The van der Waals surface area contributed by atoms with Crippen molar-refractivity contribution in [1.82, 2.24) is 9.88 Å². The molecule has 2 aromatic rings. The number of para-hydroxylation sites is 1. The number of amides is 1. The lowest BCUT2D eigenvalue weighted by atomic mass is 9.82. The summed E-state index contributed by atoms with van der Waals surface area (Å²) in [7, 11) is 1.79. The van der Waals surface area contributed by atoms with Crippen LogP contribution in [0.15, 0.2) is 30.3 Å². The number of halogens is 1. The highest BCUT2D eigenvalue weighted by Crippen LogP contribution is 2.28. The van der Waals surface area contributed by atoms with E-state index >= 15 is 0 Å². The lowest BCUT2D eigenvalue weighted by Crippen LogP contribution is -2.39. The second-order valence-corrected chi connectivity index (χ2v) is 6.07. The maximum atomic E-state index is 12.6. The van der Waals surface area contributed by atoms with Gasteiger partial charge in [0, 0.05) is 19.0 Å². The summed E-state index contributed by atoms with van der Waals surface area (Å²) >= 11 is 6.02. The SMILES string of the molecule is CN(CC1CC(O)C1)C(=O)c1cc(Cl)nc2ccccc12. The molecule has 1 aromatic carbocycles. The van der Waals surface area contributed by atoms with Crippen LogP contribution < -0.4 is 0 Å². The Morgan fingerprint density at radius 3 is 2.86 bits per heavy atom. The van der Waals surface area contributed by atoms with E-state index in [-0.39, 0.29) is 12.0 Å². The van der Waals surface area contributed by atoms with Crippen molar-refractivity contribution >= 4 is 28.4 Å². The fourth-order valence-electron chi connectivity index (χ4n) is 2.85. The minimum atomic E-state index is -0.199. The fraction of sp³-hybridized carbons (Fsp3) is 0.375. The number of benzene rings is 1. The smallest absolute Gasteiger partial charge is 0.254 e. The normalized spacial score (nSPS) is 21.1. The van der Waals surface area contributed by atoms with Crippen molar-refractivity contribution in [3.05, 3.63) is 41.0 Å². The molecule has 1 N–H and O–H groups in total. The Morgan fingerprint density at radius 2 is 2.14 bits per heavy atom. The summed E-state index contributed by atoms with van der Waals surface area (Å²) in [5.41, 5.74) is 1.30. The Kier molecular flexibility index (Phi) is 3.83. The molecule has 0 bridgehead atoms. The molecule has 0 atom stereocenters. The van der Waals surface area contributed by atoms with Gasteiger partial charge in [0.25, 0.3) is 5.91 Å². The van der Waals surface area contributed by atoms with Crippen molar-refractivity contribution in [2.75, 3.05) is 13.6 Å². The summed E-state index contributed by atoms with van der Waals surface area (Å²) in [5.74, 6) is 0.328. The molecule has 110 valence electrons. The Bertz CT molecular complexity index is 683. The van der Waals surface area contributed by atoms with Crippen LogP contribution in [0.2, 0.25) is 5.15 Å². The highest BCUT2D eigenvalue weighted by molar-refractivity contribution is 6.30. The lowest BCUT2D eigenvalue weighted by Gasteiger charge is -2.34. The van der Waals surface area contributed by atoms with Crippen molar-refractivity contribution in [3.63, 3.8) is 0 Å². The van der Waals surface area contributed by atoms with Gasteiger partial charge in [0.05, 0.1) is 17.2 Å². The summed E-state index contributed by atoms with van der Waals surface area (Å²) in [6.45, 7) is 0.657. The summed E-state index contributed by atoms with van der Waals surface area (Å²) in [6.07, 6.45) is 1.35. The zero-order valence-corrected chi connectivity index (χ0v) is 12.5. The van der Waals surface area contributed by atoms with E-state index in [1.54, 1.807) is 18.0 Å². The van der Waals surface area contributed by atoms with Gasteiger partial charge < -0.3 is 10.0 Å². The number of hydrogen-bond donors (Lipinski definition) is 1. The minimum Gasteiger partial charge on any atom is -0.393 e. The van der Waals surface area contributed by atoms with Gasteiger partial charge in [-0.25, -0.2) is 4.98 Å². The molecule has 0 aliphatic heterocycles. The molecule has 5 heteroatoms. The van der Waals surface area contributed by atoms with E-state index in [1.807, 2.05) is 24.3 Å². The van der Waals surface area contributed by atoms with Gasteiger partial charge in [0.1, 0.15) is 5.15 Å². The summed E-state index contributed by atoms with van der Waals surface area (Å²) in [6, 6.07) is 9.11. The third-order valence-electron chi connectivity index (χ3n) is 4.00. The monoisotopic (exact) mass is 304 g/mol. The Morgan fingerprint density at radius 1 is 1.43 bits per heavy atom. The molecule has 1 aliphatic rings. The van der Waals surface area contributed by atoms with E-state index in [0.29, 0.717) is 23.2 Å². The number of aromatic nitrogens is 1. The molecule has 1 amide bonds. The van der Waals surface area contributed by atoms with Crippen molar-refractivity contribution < 1.29 is 9.90 Å². The third-order valence-corrected chi connectivity index (χ3v) is 4.20. The van der Waals surface area contributed by atoms with Crippen LogP contribution in [-0.4, -0.2) is 40.6 Å². The summed E-state index contributed by atoms with van der Waals surface area (Å²) in [5, 5.41) is 10.5. The van der Waals surface area contributed by atoms with E-state index in [9.17, 15) is 9.90 Å². The predicted molar refractivity (Wildman–Crippen MR) is 82.4 cm³/mol. The van der Waals surface area contributed by atoms with E-state index in [2.05, 4.69) is 4.98 Å². The molecule has 1 aliphatic carbocycles. The molecule has 0 unspecified atom stereocenters. The molecule has 0 radical (unpaired) electrons. The van der Waals surface area contributed by atoms with E-state index in [0.717, 1.165) is 23.7 Å². The Balaban J connectivity index is 1.86. The first-order valence-corrected chi connectivity index (χ1v) is 7.41. The number of carbonyl (C=O) groups is 1. The average Bonchev–Trinajstić information content (AvgIpc) is 2.43. The van der Waals surface area contributed by atoms with Crippen molar-refractivity contribution in [1.29, 1.82) is 0 Å². The molecule has 21 heavy (non-hydrogen) atoms. The lowest BCUT2D eigenvalue weighted by molar-refractivity contribution is 0.0266. The number of aliphatic hydroxyl groups excluding tert-OH is 1. The summed E-state index contributed by atoms with van der Waals surface area (Å²) < 4.78 is 0. The van der Waals surface area contributed by atoms with Gasteiger partial charge in [0.2, 0.25) is 0 Å². The van der Waals surface area contributed by atoms with Crippen LogP contribution in [0.4, 0.5) is 0 Å². The zero-order valence-electron chi connectivity index (χ0n) is 11.8. The van der Waals surface area contributed by atoms with Crippen LogP contribution in [0, 0.1) is 5.92 Å². The number of rotatable bonds is 3. The zero-order chi connectivity index (χ0) is 15.0. The van der Waals surface area contributed by atoms with Crippen molar-refractivity contribution in [2.45, 2.75) is 18.9 Å². The number of fused-ring (bicyclic) bond motifs is 1. The third kappa shape index (κ3) is 2.87. The standard InChI is InChI=1S/C16H17ClN2O2/c1-19(9-10-6-11(20)7-10)16(21)13-8-15(17)18-14-5-3-2-4-12(13)14/h2-5,8,10-11,20H,6-7,9H2,1H3. The van der Waals surface area contributed by atoms with E-state index < -0.39 is 0 Å². The van der Waals surface area contributed by atoms with Gasteiger partial charge in [-0.2, -0.15) is 0 Å². The summed E-state index contributed by atoms with van der Waals surface area (Å²) in [4.78, 5) is 18.6. The van der Waals surface area contributed by atoms with Crippen LogP contribution in [0.5, 0.6) is 0 Å².